The predicted molar refractivity (Wildman–Crippen MR) is 135 cm³/mol. The Bertz CT molecular complexity index is 1100. The van der Waals surface area contributed by atoms with Gasteiger partial charge in [-0.05, 0) is 49.2 Å². The minimum Gasteiger partial charge on any atom is -0.486 e. The van der Waals surface area contributed by atoms with E-state index in [-0.39, 0.29) is 38.3 Å². The van der Waals surface area contributed by atoms with Crippen molar-refractivity contribution >= 4 is 17.9 Å². The second kappa shape index (κ2) is 13.7. The molecule has 0 aromatic heterocycles. The number of carbonyl (C=O) groups excluding carboxylic acids is 3. The molecule has 192 valence electrons. The zero-order valence-corrected chi connectivity index (χ0v) is 21.1. The Hall–Kier alpha value is -4.07. The summed E-state index contributed by atoms with van der Waals surface area (Å²) in [6, 6.07) is 12.3. The summed E-state index contributed by atoms with van der Waals surface area (Å²) in [5.41, 5.74) is 2.28. The van der Waals surface area contributed by atoms with Crippen LogP contribution in [0, 0.1) is 5.92 Å². The minimum atomic E-state index is -0.497. The van der Waals surface area contributed by atoms with E-state index in [4.69, 9.17) is 23.7 Å². The van der Waals surface area contributed by atoms with Crippen LogP contribution in [0.1, 0.15) is 27.7 Å². The van der Waals surface area contributed by atoms with E-state index in [2.05, 4.69) is 13.2 Å². The molecular formula is C28H32O8. The Labute approximate surface area is 211 Å². The van der Waals surface area contributed by atoms with Gasteiger partial charge in [-0.2, -0.15) is 0 Å². The first-order chi connectivity index (χ1) is 17.1. The Morgan fingerprint density at radius 1 is 0.722 bits per heavy atom. The van der Waals surface area contributed by atoms with Crippen LogP contribution in [0.5, 0.6) is 17.2 Å². The molecule has 0 saturated heterocycles. The van der Waals surface area contributed by atoms with Crippen molar-refractivity contribution in [1.29, 1.82) is 0 Å². The molecule has 0 unspecified atom stereocenters. The van der Waals surface area contributed by atoms with Crippen LogP contribution in [-0.2, 0) is 23.9 Å². The third-order valence-corrected chi connectivity index (χ3v) is 4.67. The van der Waals surface area contributed by atoms with Gasteiger partial charge in [0.1, 0.15) is 32.2 Å². The SMILES string of the molecule is C=C(C)C(=O)OCCOc1cc(-c2ccc(OC(=O)C(=C)C)cc2)ccc1OCCOC(=O)C(C)C. The summed E-state index contributed by atoms with van der Waals surface area (Å²) in [5, 5.41) is 0. The Balaban J connectivity index is 2.13. The van der Waals surface area contributed by atoms with Gasteiger partial charge in [0.05, 0.1) is 5.92 Å². The van der Waals surface area contributed by atoms with Gasteiger partial charge < -0.3 is 23.7 Å². The van der Waals surface area contributed by atoms with Crippen molar-refractivity contribution < 1.29 is 38.1 Å². The van der Waals surface area contributed by atoms with Crippen molar-refractivity contribution in [3.63, 3.8) is 0 Å². The zero-order valence-electron chi connectivity index (χ0n) is 21.1. The van der Waals surface area contributed by atoms with Crippen LogP contribution in [0.2, 0.25) is 0 Å². The highest BCUT2D eigenvalue weighted by Crippen LogP contribution is 2.33. The van der Waals surface area contributed by atoms with Crippen molar-refractivity contribution in [2.45, 2.75) is 27.7 Å². The number of rotatable bonds is 13. The molecule has 0 aliphatic rings. The summed E-state index contributed by atoms with van der Waals surface area (Å²) in [6.45, 7) is 14.1. The average Bonchev–Trinajstić information content (AvgIpc) is 2.84. The second-order valence-corrected chi connectivity index (χ2v) is 8.29. The molecule has 0 fully saturated rings. The maximum atomic E-state index is 11.7. The van der Waals surface area contributed by atoms with E-state index in [1.54, 1.807) is 64.1 Å². The first-order valence-electron chi connectivity index (χ1n) is 11.5. The zero-order chi connectivity index (χ0) is 26.7. The van der Waals surface area contributed by atoms with Crippen LogP contribution in [-0.4, -0.2) is 44.3 Å². The van der Waals surface area contributed by atoms with E-state index in [0.29, 0.717) is 28.4 Å². The molecule has 0 radical (unpaired) electrons. The molecule has 2 aromatic carbocycles. The van der Waals surface area contributed by atoms with Crippen LogP contribution in [0.25, 0.3) is 11.1 Å². The smallest absolute Gasteiger partial charge is 0.338 e. The fourth-order valence-electron chi connectivity index (χ4n) is 2.70. The van der Waals surface area contributed by atoms with E-state index in [9.17, 15) is 14.4 Å². The molecule has 0 bridgehead atoms. The van der Waals surface area contributed by atoms with Gasteiger partial charge in [0.2, 0.25) is 0 Å². The Morgan fingerprint density at radius 2 is 1.28 bits per heavy atom. The molecule has 0 heterocycles. The minimum absolute atomic E-state index is 0.0319. The lowest BCUT2D eigenvalue weighted by atomic mass is 10.0. The van der Waals surface area contributed by atoms with Crippen LogP contribution in [0.15, 0.2) is 66.8 Å². The van der Waals surface area contributed by atoms with Crippen LogP contribution >= 0.6 is 0 Å². The molecule has 0 N–H and O–H groups in total. The summed E-state index contributed by atoms with van der Waals surface area (Å²) in [5.74, 6) is -0.250. The Kier molecular flexibility index (Phi) is 10.7. The highest BCUT2D eigenvalue weighted by Gasteiger charge is 2.12. The van der Waals surface area contributed by atoms with Gasteiger partial charge in [0.15, 0.2) is 11.5 Å². The molecule has 2 rings (SSSR count). The highest BCUT2D eigenvalue weighted by atomic mass is 16.6. The van der Waals surface area contributed by atoms with Crippen LogP contribution in [0.4, 0.5) is 0 Å². The van der Waals surface area contributed by atoms with Gasteiger partial charge in [-0.3, -0.25) is 4.79 Å². The maximum Gasteiger partial charge on any atom is 0.338 e. The fourth-order valence-corrected chi connectivity index (χ4v) is 2.70. The van der Waals surface area contributed by atoms with Gasteiger partial charge >= 0.3 is 17.9 Å². The number of carbonyl (C=O) groups is 3. The molecule has 8 heteroatoms. The van der Waals surface area contributed by atoms with Gasteiger partial charge in [-0.25, -0.2) is 9.59 Å². The molecule has 0 spiro atoms. The topological polar surface area (TPSA) is 97.4 Å². The first kappa shape index (κ1) is 28.2. The van der Waals surface area contributed by atoms with E-state index in [0.717, 1.165) is 11.1 Å². The standard InChI is InChI=1S/C28H32O8/c1-18(2)26(29)34-15-13-32-24-12-9-22(17-25(24)33-14-16-35-27(30)19(3)4)21-7-10-23(11-8-21)36-28(31)20(5)6/h7-12,17-18H,3,5,13-16H2,1-2,4,6H3. The van der Waals surface area contributed by atoms with E-state index in [1.807, 2.05) is 6.07 Å². The molecule has 36 heavy (non-hydrogen) atoms. The molecular weight excluding hydrogens is 464 g/mol. The molecule has 0 saturated carbocycles. The Morgan fingerprint density at radius 3 is 1.86 bits per heavy atom. The highest BCUT2D eigenvalue weighted by molar-refractivity contribution is 5.89. The van der Waals surface area contributed by atoms with Crippen molar-refractivity contribution in [2.75, 3.05) is 26.4 Å². The van der Waals surface area contributed by atoms with Gasteiger partial charge in [0.25, 0.3) is 0 Å². The monoisotopic (exact) mass is 496 g/mol. The van der Waals surface area contributed by atoms with Gasteiger partial charge in [0, 0.05) is 11.1 Å². The molecule has 0 aliphatic carbocycles. The average molecular weight is 497 g/mol. The lowest BCUT2D eigenvalue weighted by Gasteiger charge is -2.15. The van der Waals surface area contributed by atoms with Crippen LogP contribution in [0.3, 0.4) is 0 Å². The number of hydrogen-bond acceptors (Lipinski definition) is 8. The number of ether oxygens (including phenoxy) is 5. The molecule has 2 aromatic rings. The molecule has 8 nitrogen and oxygen atoms in total. The van der Waals surface area contributed by atoms with E-state index < -0.39 is 11.9 Å². The third-order valence-electron chi connectivity index (χ3n) is 4.67. The summed E-state index contributed by atoms with van der Waals surface area (Å²) in [6.07, 6.45) is 0. The summed E-state index contributed by atoms with van der Waals surface area (Å²) in [4.78, 5) is 34.9. The van der Waals surface area contributed by atoms with Gasteiger partial charge in [-0.15, -0.1) is 0 Å². The normalized spacial score (nSPS) is 10.4. The molecule has 0 atom stereocenters. The second-order valence-electron chi connectivity index (χ2n) is 8.29. The number of hydrogen-bond donors (Lipinski definition) is 0. The lowest BCUT2D eigenvalue weighted by molar-refractivity contribution is -0.148. The predicted octanol–water partition coefficient (Wildman–Crippen LogP) is 4.91. The van der Waals surface area contributed by atoms with Crippen molar-refractivity contribution in [1.82, 2.24) is 0 Å². The lowest BCUT2D eigenvalue weighted by Crippen LogP contribution is -2.16. The number of benzene rings is 2. The maximum absolute atomic E-state index is 11.7. The van der Waals surface area contributed by atoms with Gasteiger partial charge in [-0.1, -0.05) is 45.2 Å². The third kappa shape index (κ3) is 8.94. The quantitative estimate of drug-likeness (QED) is 0.167. The summed E-state index contributed by atoms with van der Waals surface area (Å²) in [7, 11) is 0. The summed E-state index contributed by atoms with van der Waals surface area (Å²) < 4.78 is 27.1. The number of esters is 3. The largest absolute Gasteiger partial charge is 0.486 e. The van der Waals surface area contributed by atoms with Crippen molar-refractivity contribution in [2.24, 2.45) is 5.92 Å². The van der Waals surface area contributed by atoms with Crippen LogP contribution < -0.4 is 14.2 Å². The molecule has 0 aliphatic heterocycles. The fraction of sp³-hybridized carbons (Fsp3) is 0.321. The molecule has 0 amide bonds. The summed E-state index contributed by atoms with van der Waals surface area (Å²) >= 11 is 0. The van der Waals surface area contributed by atoms with Crippen molar-refractivity contribution in [3.05, 3.63) is 66.8 Å². The van der Waals surface area contributed by atoms with E-state index in [1.165, 1.54) is 0 Å². The van der Waals surface area contributed by atoms with Crippen molar-refractivity contribution in [3.8, 4) is 28.4 Å². The first-order valence-corrected chi connectivity index (χ1v) is 11.5. The van der Waals surface area contributed by atoms with E-state index >= 15 is 0 Å².